The van der Waals surface area contributed by atoms with Crippen molar-refractivity contribution < 1.29 is 9.84 Å². The lowest BCUT2D eigenvalue weighted by atomic mass is 10.1. The summed E-state index contributed by atoms with van der Waals surface area (Å²) in [7, 11) is 0. The van der Waals surface area contributed by atoms with E-state index < -0.39 is 0 Å². The Hall–Kier alpha value is -1.10. The monoisotopic (exact) mass is 294 g/mol. The van der Waals surface area contributed by atoms with Gasteiger partial charge in [-0.25, -0.2) is 0 Å². The molecule has 1 aromatic rings. The molecule has 0 aliphatic carbocycles. The van der Waals surface area contributed by atoms with Crippen LogP contribution in [0.2, 0.25) is 0 Å². The Balaban J connectivity index is 2.54. The molecule has 120 valence electrons. The predicted molar refractivity (Wildman–Crippen MR) is 87.8 cm³/mol. The average Bonchev–Trinajstić information content (AvgIpc) is 2.53. The van der Waals surface area contributed by atoms with Crippen molar-refractivity contribution in [2.24, 2.45) is 0 Å². The summed E-state index contributed by atoms with van der Waals surface area (Å²) >= 11 is 0. The van der Waals surface area contributed by atoms with Crippen molar-refractivity contribution in [2.45, 2.75) is 33.2 Å². The van der Waals surface area contributed by atoms with Gasteiger partial charge in [-0.3, -0.25) is 0 Å². The van der Waals surface area contributed by atoms with Crippen molar-refractivity contribution in [3.63, 3.8) is 0 Å². The van der Waals surface area contributed by atoms with E-state index in [4.69, 9.17) is 4.74 Å². The second-order valence-electron chi connectivity index (χ2n) is 5.14. The van der Waals surface area contributed by atoms with E-state index in [1.165, 1.54) is 0 Å². The van der Waals surface area contributed by atoms with Crippen LogP contribution in [0.5, 0.6) is 5.75 Å². The van der Waals surface area contributed by atoms with Crippen LogP contribution >= 0.6 is 0 Å². The predicted octanol–water partition coefficient (Wildman–Crippen LogP) is 2.44. The molecule has 2 N–H and O–H groups in total. The van der Waals surface area contributed by atoms with Gasteiger partial charge in [0.05, 0.1) is 19.3 Å². The van der Waals surface area contributed by atoms with Gasteiger partial charge in [-0.15, -0.1) is 0 Å². The third kappa shape index (κ3) is 6.46. The minimum Gasteiger partial charge on any atom is -0.494 e. The number of nitrogens with one attached hydrogen (secondary N) is 1. The quantitative estimate of drug-likeness (QED) is 0.658. The minimum atomic E-state index is -0.0364. The van der Waals surface area contributed by atoms with E-state index in [0.717, 1.165) is 50.5 Å². The zero-order chi connectivity index (χ0) is 15.5. The summed E-state index contributed by atoms with van der Waals surface area (Å²) in [4.78, 5) is 2.36. The Morgan fingerprint density at radius 3 is 2.62 bits per heavy atom. The molecule has 0 fully saturated rings. The number of likely N-dealkylation sites (N-methyl/N-ethyl adjacent to an activating group) is 1. The van der Waals surface area contributed by atoms with Crippen LogP contribution < -0.4 is 10.1 Å². The minimum absolute atomic E-state index is 0.0364. The molecule has 0 radical (unpaired) electrons. The van der Waals surface area contributed by atoms with Crippen molar-refractivity contribution >= 4 is 0 Å². The van der Waals surface area contributed by atoms with Gasteiger partial charge in [0.1, 0.15) is 5.75 Å². The first-order valence-corrected chi connectivity index (χ1v) is 8.04. The molecule has 0 aliphatic heterocycles. The van der Waals surface area contributed by atoms with Gasteiger partial charge in [-0.2, -0.15) is 0 Å². The molecule has 0 amide bonds. The van der Waals surface area contributed by atoms with Gasteiger partial charge in [0, 0.05) is 13.1 Å². The summed E-state index contributed by atoms with van der Waals surface area (Å²) in [5.74, 6) is 0.873. The van der Waals surface area contributed by atoms with Gasteiger partial charge in [0.25, 0.3) is 0 Å². The largest absolute Gasteiger partial charge is 0.494 e. The zero-order valence-electron chi connectivity index (χ0n) is 13.6. The lowest BCUT2D eigenvalue weighted by Gasteiger charge is -2.22. The number of hydrogen-bond donors (Lipinski definition) is 2. The molecular formula is C17H30N2O2. The number of rotatable bonds is 11. The normalized spacial score (nSPS) is 12.6. The van der Waals surface area contributed by atoms with E-state index in [1.54, 1.807) is 0 Å². The lowest BCUT2D eigenvalue weighted by molar-refractivity contribution is 0.233. The SMILES string of the molecule is CCCOc1cccc(C(CO)NCCN(CC)CC)c1. The van der Waals surface area contributed by atoms with Crippen molar-refractivity contribution in [2.75, 3.05) is 39.4 Å². The highest BCUT2D eigenvalue weighted by molar-refractivity contribution is 5.30. The Bertz CT molecular complexity index is 381. The summed E-state index contributed by atoms with van der Waals surface area (Å²) in [5, 5.41) is 13.0. The fourth-order valence-corrected chi connectivity index (χ4v) is 2.27. The molecule has 0 bridgehead atoms. The highest BCUT2D eigenvalue weighted by Crippen LogP contribution is 2.19. The Kier molecular flexibility index (Phi) is 9.06. The molecule has 0 heterocycles. The molecule has 1 rings (SSSR count). The van der Waals surface area contributed by atoms with E-state index in [0.29, 0.717) is 0 Å². The van der Waals surface area contributed by atoms with E-state index in [1.807, 2.05) is 24.3 Å². The smallest absolute Gasteiger partial charge is 0.119 e. The molecule has 4 heteroatoms. The van der Waals surface area contributed by atoms with Crippen molar-refractivity contribution in [3.05, 3.63) is 29.8 Å². The van der Waals surface area contributed by atoms with Crippen LogP contribution in [0.3, 0.4) is 0 Å². The van der Waals surface area contributed by atoms with Crippen LogP contribution in [0.1, 0.15) is 38.8 Å². The second kappa shape index (κ2) is 10.6. The Labute approximate surface area is 129 Å². The number of ether oxygens (including phenoxy) is 1. The van der Waals surface area contributed by atoms with Crippen LogP contribution in [-0.4, -0.2) is 49.4 Å². The molecular weight excluding hydrogens is 264 g/mol. The van der Waals surface area contributed by atoms with Crippen LogP contribution in [0.4, 0.5) is 0 Å². The summed E-state index contributed by atoms with van der Waals surface area (Å²) in [6.45, 7) is 11.2. The maximum atomic E-state index is 9.61. The molecule has 1 atom stereocenters. The highest BCUT2D eigenvalue weighted by Gasteiger charge is 2.11. The van der Waals surface area contributed by atoms with Gasteiger partial charge in [0.2, 0.25) is 0 Å². The topological polar surface area (TPSA) is 44.7 Å². The molecule has 21 heavy (non-hydrogen) atoms. The molecule has 0 saturated heterocycles. The summed E-state index contributed by atoms with van der Waals surface area (Å²) in [6, 6.07) is 7.95. The number of aliphatic hydroxyl groups is 1. The number of benzene rings is 1. The Morgan fingerprint density at radius 2 is 2.00 bits per heavy atom. The van der Waals surface area contributed by atoms with E-state index in [-0.39, 0.29) is 12.6 Å². The van der Waals surface area contributed by atoms with Crippen molar-refractivity contribution in [1.82, 2.24) is 10.2 Å². The van der Waals surface area contributed by atoms with Gasteiger partial charge >= 0.3 is 0 Å². The van der Waals surface area contributed by atoms with E-state index >= 15 is 0 Å². The fraction of sp³-hybridized carbons (Fsp3) is 0.647. The van der Waals surface area contributed by atoms with Gasteiger partial charge in [-0.1, -0.05) is 32.9 Å². The third-order valence-corrected chi connectivity index (χ3v) is 3.63. The summed E-state index contributed by atoms with van der Waals surface area (Å²) < 4.78 is 5.65. The van der Waals surface area contributed by atoms with Gasteiger partial charge in [-0.05, 0) is 37.2 Å². The molecule has 4 nitrogen and oxygen atoms in total. The van der Waals surface area contributed by atoms with Crippen LogP contribution in [-0.2, 0) is 0 Å². The first kappa shape index (κ1) is 18.0. The number of aliphatic hydroxyl groups excluding tert-OH is 1. The highest BCUT2D eigenvalue weighted by atomic mass is 16.5. The summed E-state index contributed by atoms with van der Waals surface area (Å²) in [6.07, 6.45) is 0.996. The standard InChI is InChI=1S/C17H30N2O2/c1-4-12-21-16-9-7-8-15(13-16)17(14-20)18-10-11-19(5-2)6-3/h7-9,13,17-18,20H,4-6,10-12,14H2,1-3H3. The molecule has 0 aliphatic rings. The van der Waals surface area contributed by atoms with Gasteiger partial charge < -0.3 is 20.1 Å². The lowest BCUT2D eigenvalue weighted by Crippen LogP contribution is -2.34. The first-order valence-electron chi connectivity index (χ1n) is 8.04. The fourth-order valence-electron chi connectivity index (χ4n) is 2.27. The van der Waals surface area contributed by atoms with Crippen molar-refractivity contribution in [3.8, 4) is 5.75 Å². The van der Waals surface area contributed by atoms with Crippen LogP contribution in [0.15, 0.2) is 24.3 Å². The molecule has 0 aromatic heterocycles. The van der Waals surface area contributed by atoms with Gasteiger partial charge in [0.15, 0.2) is 0 Å². The van der Waals surface area contributed by atoms with E-state index in [9.17, 15) is 5.11 Å². The maximum absolute atomic E-state index is 9.61. The number of hydrogen-bond acceptors (Lipinski definition) is 4. The molecule has 1 unspecified atom stereocenters. The summed E-state index contributed by atoms with van der Waals surface area (Å²) in [5.41, 5.74) is 1.07. The number of nitrogens with zero attached hydrogens (tertiary/aromatic N) is 1. The molecule has 0 spiro atoms. The van der Waals surface area contributed by atoms with Crippen LogP contribution in [0, 0.1) is 0 Å². The molecule has 0 saturated carbocycles. The first-order chi connectivity index (χ1) is 10.2. The molecule has 1 aromatic carbocycles. The van der Waals surface area contributed by atoms with Crippen LogP contribution in [0.25, 0.3) is 0 Å². The second-order valence-corrected chi connectivity index (χ2v) is 5.14. The average molecular weight is 294 g/mol. The van der Waals surface area contributed by atoms with Crippen molar-refractivity contribution in [1.29, 1.82) is 0 Å². The van der Waals surface area contributed by atoms with E-state index in [2.05, 4.69) is 31.0 Å². The Morgan fingerprint density at radius 1 is 1.24 bits per heavy atom. The zero-order valence-corrected chi connectivity index (χ0v) is 13.6. The maximum Gasteiger partial charge on any atom is 0.119 e. The third-order valence-electron chi connectivity index (χ3n) is 3.63.